The second-order valence-electron chi connectivity index (χ2n) is 7.12. The van der Waals surface area contributed by atoms with Crippen LogP contribution in [0.2, 0.25) is 0 Å². The van der Waals surface area contributed by atoms with Gasteiger partial charge in [-0.2, -0.15) is 0 Å². The number of aromatic nitrogens is 3. The smallest absolute Gasteiger partial charge is 0.225 e. The zero-order valence-electron chi connectivity index (χ0n) is 14.3. The number of hydrogen-bond donors (Lipinski definition) is 0. The number of rotatable bonds is 3. The maximum Gasteiger partial charge on any atom is 0.225 e. The maximum atomic E-state index is 5.44. The summed E-state index contributed by atoms with van der Waals surface area (Å²) in [6.07, 6.45) is 7.42. The van der Waals surface area contributed by atoms with Crippen LogP contribution >= 0.6 is 0 Å². The predicted octanol–water partition coefficient (Wildman–Crippen LogP) is 1.97. The number of ether oxygens (including phenoxy) is 1. The third kappa shape index (κ3) is 2.79. The molecule has 6 nitrogen and oxygen atoms in total. The van der Waals surface area contributed by atoms with Gasteiger partial charge >= 0.3 is 0 Å². The zero-order valence-corrected chi connectivity index (χ0v) is 14.3. The number of hydrogen-bond acceptors (Lipinski definition) is 6. The highest BCUT2D eigenvalue weighted by molar-refractivity contribution is 5.37. The van der Waals surface area contributed by atoms with Crippen molar-refractivity contribution in [2.24, 2.45) is 0 Å². The van der Waals surface area contributed by atoms with E-state index in [2.05, 4.69) is 33.1 Å². The van der Waals surface area contributed by atoms with Crippen molar-refractivity contribution in [2.45, 2.75) is 37.9 Å². The summed E-state index contributed by atoms with van der Waals surface area (Å²) < 4.78 is 5.44. The van der Waals surface area contributed by atoms with Gasteiger partial charge in [-0.3, -0.25) is 9.88 Å². The number of fused-ring (bicyclic) bond motifs is 4. The topological polar surface area (TPSA) is 54.4 Å². The largest absolute Gasteiger partial charge is 0.378 e. The summed E-state index contributed by atoms with van der Waals surface area (Å²) in [5, 5.41) is 0. The molecule has 0 spiro atoms. The first-order chi connectivity index (χ1) is 12.4. The molecule has 3 aliphatic heterocycles. The number of morpholine rings is 1. The summed E-state index contributed by atoms with van der Waals surface area (Å²) in [6.45, 7) is 4.23. The highest BCUT2D eigenvalue weighted by Gasteiger charge is 2.41. The fourth-order valence-electron chi connectivity index (χ4n) is 4.40. The van der Waals surface area contributed by atoms with Crippen molar-refractivity contribution in [1.82, 2.24) is 19.9 Å². The quantitative estimate of drug-likeness (QED) is 0.853. The van der Waals surface area contributed by atoms with Crippen LogP contribution in [0.15, 0.2) is 30.6 Å². The molecule has 2 aromatic rings. The van der Waals surface area contributed by atoms with E-state index in [1.807, 2.05) is 12.3 Å². The number of anilines is 1. The predicted molar refractivity (Wildman–Crippen MR) is 94.3 cm³/mol. The molecule has 0 N–H and O–H groups in total. The molecule has 0 aliphatic carbocycles. The van der Waals surface area contributed by atoms with Gasteiger partial charge in [0.05, 0.1) is 24.6 Å². The maximum absolute atomic E-state index is 5.44. The Labute approximate surface area is 147 Å². The van der Waals surface area contributed by atoms with Gasteiger partial charge < -0.3 is 9.64 Å². The van der Waals surface area contributed by atoms with E-state index in [4.69, 9.17) is 14.7 Å². The normalized spacial score (nSPS) is 25.8. The van der Waals surface area contributed by atoms with Crippen molar-refractivity contribution in [3.05, 3.63) is 47.5 Å². The number of pyridine rings is 1. The first-order valence-electron chi connectivity index (χ1n) is 9.22. The molecule has 2 saturated heterocycles. The molecule has 25 heavy (non-hydrogen) atoms. The lowest BCUT2D eigenvalue weighted by Gasteiger charge is -2.36. The van der Waals surface area contributed by atoms with Crippen LogP contribution in [0.3, 0.4) is 0 Å². The van der Waals surface area contributed by atoms with E-state index in [1.54, 1.807) is 0 Å². The van der Waals surface area contributed by atoms with Crippen LogP contribution in [0.4, 0.5) is 5.95 Å². The summed E-state index contributed by atoms with van der Waals surface area (Å²) >= 11 is 0. The van der Waals surface area contributed by atoms with Crippen molar-refractivity contribution in [3.8, 4) is 0 Å². The van der Waals surface area contributed by atoms with Crippen molar-refractivity contribution in [2.75, 3.05) is 31.2 Å². The molecule has 2 aromatic heterocycles. The van der Waals surface area contributed by atoms with Gasteiger partial charge in [-0.05, 0) is 25.0 Å². The van der Waals surface area contributed by atoms with E-state index in [9.17, 15) is 0 Å². The van der Waals surface area contributed by atoms with E-state index >= 15 is 0 Å². The Bertz CT molecular complexity index is 747. The van der Waals surface area contributed by atoms with Gasteiger partial charge in [0.1, 0.15) is 0 Å². The number of nitrogens with zero attached hydrogens (tertiary/aromatic N) is 5. The molecule has 5 rings (SSSR count). The lowest BCUT2D eigenvalue weighted by molar-refractivity contribution is 0.122. The minimum atomic E-state index is 0.439. The molecule has 3 aliphatic rings. The molecule has 130 valence electrons. The highest BCUT2D eigenvalue weighted by Crippen LogP contribution is 2.43. The Morgan fingerprint density at radius 1 is 1.12 bits per heavy atom. The summed E-state index contributed by atoms with van der Waals surface area (Å²) in [5.41, 5.74) is 3.72. The highest BCUT2D eigenvalue weighted by atomic mass is 16.5. The van der Waals surface area contributed by atoms with Crippen LogP contribution < -0.4 is 4.90 Å². The molecule has 6 heteroatoms. The standard InChI is InChI=1S/C19H23N5O/c1-2-6-20-14(3-1)13-24-15-4-5-18(24)16-12-21-19(22-17(16)11-15)23-7-9-25-10-8-23/h1-3,6,12,15,18H,4-5,7-11,13H2/t15-,18-/m1/s1. The van der Waals surface area contributed by atoms with E-state index in [1.165, 1.54) is 24.1 Å². The Balaban J connectivity index is 1.40. The molecule has 2 atom stereocenters. The molecule has 0 amide bonds. The van der Waals surface area contributed by atoms with Crippen molar-refractivity contribution in [3.63, 3.8) is 0 Å². The zero-order chi connectivity index (χ0) is 16.6. The Morgan fingerprint density at radius 2 is 2.04 bits per heavy atom. The lowest BCUT2D eigenvalue weighted by atomic mass is 9.99. The molecule has 0 saturated carbocycles. The Kier molecular flexibility index (Phi) is 3.87. The average molecular weight is 337 g/mol. The van der Waals surface area contributed by atoms with Crippen LogP contribution in [0, 0.1) is 0 Å². The Hall–Kier alpha value is -2.05. The monoisotopic (exact) mass is 337 g/mol. The molecule has 2 bridgehead atoms. The SMILES string of the molecule is c1ccc(CN2[C@@H]3CC[C@@H]2c2cnc(N4CCOCC4)nc2C3)nc1. The molecule has 2 fully saturated rings. The Morgan fingerprint density at radius 3 is 2.88 bits per heavy atom. The van der Waals surface area contributed by atoms with Crippen LogP contribution in [0.25, 0.3) is 0 Å². The van der Waals surface area contributed by atoms with Gasteiger partial charge in [-0.15, -0.1) is 0 Å². The molecule has 0 aromatic carbocycles. The first kappa shape index (κ1) is 15.2. The second-order valence-corrected chi connectivity index (χ2v) is 7.12. The molecular weight excluding hydrogens is 314 g/mol. The van der Waals surface area contributed by atoms with Crippen LogP contribution in [-0.4, -0.2) is 52.2 Å². The summed E-state index contributed by atoms with van der Waals surface area (Å²) in [6, 6.07) is 7.18. The summed E-state index contributed by atoms with van der Waals surface area (Å²) in [4.78, 5) is 19.0. The van der Waals surface area contributed by atoms with Crippen molar-refractivity contribution in [1.29, 1.82) is 0 Å². The van der Waals surface area contributed by atoms with Gasteiger partial charge in [0.25, 0.3) is 0 Å². The second kappa shape index (κ2) is 6.35. The summed E-state index contributed by atoms with van der Waals surface area (Å²) in [5.74, 6) is 0.875. The van der Waals surface area contributed by atoms with Crippen LogP contribution in [-0.2, 0) is 17.7 Å². The summed E-state index contributed by atoms with van der Waals surface area (Å²) in [7, 11) is 0. The first-order valence-corrected chi connectivity index (χ1v) is 9.22. The molecule has 0 radical (unpaired) electrons. The van der Waals surface area contributed by atoms with Gasteiger partial charge in [0.15, 0.2) is 0 Å². The minimum absolute atomic E-state index is 0.439. The van der Waals surface area contributed by atoms with E-state index in [0.29, 0.717) is 12.1 Å². The molecule has 0 unspecified atom stereocenters. The average Bonchev–Trinajstić information content (AvgIpc) is 2.95. The third-order valence-electron chi connectivity index (χ3n) is 5.68. The lowest BCUT2D eigenvalue weighted by Crippen LogP contribution is -2.40. The van der Waals surface area contributed by atoms with Crippen LogP contribution in [0.5, 0.6) is 0 Å². The van der Waals surface area contributed by atoms with Crippen molar-refractivity contribution >= 4 is 5.95 Å². The fraction of sp³-hybridized carbons (Fsp3) is 0.526. The third-order valence-corrected chi connectivity index (χ3v) is 5.68. The van der Waals surface area contributed by atoms with E-state index < -0.39 is 0 Å². The van der Waals surface area contributed by atoms with Gasteiger partial charge in [-0.25, -0.2) is 9.97 Å². The molecule has 5 heterocycles. The van der Waals surface area contributed by atoms with E-state index in [0.717, 1.165) is 50.9 Å². The molecular formula is C19H23N5O. The van der Waals surface area contributed by atoms with Gasteiger partial charge in [0.2, 0.25) is 5.95 Å². The van der Waals surface area contributed by atoms with Crippen LogP contribution in [0.1, 0.15) is 35.8 Å². The van der Waals surface area contributed by atoms with Crippen molar-refractivity contribution < 1.29 is 4.74 Å². The van der Waals surface area contributed by atoms with Gasteiger partial charge in [-0.1, -0.05) is 6.07 Å². The minimum Gasteiger partial charge on any atom is -0.378 e. The fourth-order valence-corrected chi connectivity index (χ4v) is 4.40. The van der Waals surface area contributed by atoms with E-state index in [-0.39, 0.29) is 0 Å². The van der Waals surface area contributed by atoms with Gasteiger partial charge in [0, 0.05) is 56.1 Å².